The lowest BCUT2D eigenvalue weighted by Gasteiger charge is -2.17. The molecule has 3 aromatic rings. The van der Waals surface area contributed by atoms with Crippen molar-refractivity contribution in [3.05, 3.63) is 53.3 Å². The number of fused-ring (bicyclic) bond motifs is 3. The highest BCUT2D eigenvalue weighted by Crippen LogP contribution is 2.36. The molecule has 0 fully saturated rings. The van der Waals surface area contributed by atoms with Crippen molar-refractivity contribution >= 4 is 65.1 Å². The van der Waals surface area contributed by atoms with Crippen LogP contribution in [0.25, 0.3) is 21.9 Å². The standard InChI is InChI=1S/C20H15Br2N3O2S/c1-9-2-3-12-15(4-9)28-20-16(12)19(27)24-18(25-20)11(8-23)5-10-6-13(21)17(26)14(22)7-10/h5-7,9,26H,2-4H2,1H3,(H,24,25,27). The van der Waals surface area contributed by atoms with Gasteiger partial charge in [-0.3, -0.25) is 4.79 Å². The third-order valence-corrected chi connectivity index (χ3v) is 7.25. The van der Waals surface area contributed by atoms with Crippen molar-refractivity contribution in [2.45, 2.75) is 26.2 Å². The van der Waals surface area contributed by atoms with Crippen LogP contribution in [0.1, 0.15) is 35.2 Å². The van der Waals surface area contributed by atoms with Crippen molar-refractivity contribution in [1.82, 2.24) is 9.97 Å². The van der Waals surface area contributed by atoms with Crippen LogP contribution in [0, 0.1) is 17.2 Å². The van der Waals surface area contributed by atoms with Crippen molar-refractivity contribution in [1.29, 1.82) is 5.26 Å². The van der Waals surface area contributed by atoms with Crippen LogP contribution >= 0.6 is 43.2 Å². The van der Waals surface area contributed by atoms with E-state index in [2.05, 4.69) is 54.8 Å². The maximum absolute atomic E-state index is 12.8. The minimum Gasteiger partial charge on any atom is -0.506 e. The number of aromatic amines is 1. The molecule has 1 aromatic carbocycles. The highest BCUT2D eigenvalue weighted by atomic mass is 79.9. The van der Waals surface area contributed by atoms with Gasteiger partial charge in [-0.1, -0.05) is 6.92 Å². The van der Waals surface area contributed by atoms with Crippen LogP contribution in [-0.2, 0) is 12.8 Å². The molecule has 0 saturated carbocycles. The number of halogens is 2. The van der Waals surface area contributed by atoms with Gasteiger partial charge in [-0.15, -0.1) is 11.3 Å². The van der Waals surface area contributed by atoms with Gasteiger partial charge in [-0.05, 0) is 86.4 Å². The number of aromatic nitrogens is 2. The zero-order chi connectivity index (χ0) is 20.0. The van der Waals surface area contributed by atoms with Crippen LogP contribution in [-0.4, -0.2) is 15.1 Å². The molecular weight excluding hydrogens is 506 g/mol. The molecule has 2 aromatic heterocycles. The number of nitrogens with one attached hydrogen (secondary N) is 1. The monoisotopic (exact) mass is 519 g/mol. The number of nitrogens with zero attached hydrogens (tertiary/aromatic N) is 2. The SMILES string of the molecule is CC1CCc2c(sc3nc(C(C#N)=Cc4cc(Br)c(O)c(Br)c4)[nH]c(=O)c23)C1. The number of aryl methyl sites for hydroxylation is 1. The molecule has 28 heavy (non-hydrogen) atoms. The normalized spacial score (nSPS) is 16.8. The first kappa shape index (κ1) is 19.4. The van der Waals surface area contributed by atoms with E-state index in [1.165, 1.54) is 4.88 Å². The smallest absolute Gasteiger partial charge is 0.260 e. The van der Waals surface area contributed by atoms with Gasteiger partial charge in [0.1, 0.15) is 16.6 Å². The summed E-state index contributed by atoms with van der Waals surface area (Å²) in [6, 6.07) is 5.51. The van der Waals surface area contributed by atoms with Gasteiger partial charge in [0.2, 0.25) is 0 Å². The third kappa shape index (κ3) is 3.43. The number of H-pyrrole nitrogens is 1. The molecule has 1 atom stereocenters. The number of allylic oxidation sites excluding steroid dienone is 1. The predicted octanol–water partition coefficient (Wildman–Crippen LogP) is 5.40. The molecule has 0 bridgehead atoms. The van der Waals surface area contributed by atoms with Crippen LogP contribution in [0.5, 0.6) is 5.75 Å². The highest BCUT2D eigenvalue weighted by Gasteiger charge is 2.23. The van der Waals surface area contributed by atoms with Gasteiger partial charge in [0.25, 0.3) is 5.56 Å². The first-order valence-corrected chi connectivity index (χ1v) is 11.1. The summed E-state index contributed by atoms with van der Waals surface area (Å²) in [5, 5.41) is 20.2. The molecule has 142 valence electrons. The number of hydrogen-bond acceptors (Lipinski definition) is 5. The molecule has 2 N–H and O–H groups in total. The van der Waals surface area contributed by atoms with Crippen LogP contribution in [0.15, 0.2) is 25.9 Å². The molecule has 0 saturated heterocycles. The van der Waals surface area contributed by atoms with E-state index in [1.54, 1.807) is 29.5 Å². The topological polar surface area (TPSA) is 89.8 Å². The zero-order valence-electron chi connectivity index (χ0n) is 14.8. The van der Waals surface area contributed by atoms with Gasteiger partial charge in [-0.25, -0.2) is 4.98 Å². The fourth-order valence-corrected chi connectivity index (χ4v) is 6.07. The van der Waals surface area contributed by atoms with Crippen molar-refractivity contribution in [2.75, 3.05) is 0 Å². The second-order valence-corrected chi connectivity index (χ2v) is 9.74. The first-order chi connectivity index (χ1) is 13.4. The van der Waals surface area contributed by atoms with E-state index in [4.69, 9.17) is 0 Å². The van der Waals surface area contributed by atoms with Crippen LogP contribution in [0.3, 0.4) is 0 Å². The van der Waals surface area contributed by atoms with Crippen molar-refractivity contribution in [2.24, 2.45) is 5.92 Å². The van der Waals surface area contributed by atoms with E-state index >= 15 is 0 Å². The average Bonchev–Trinajstić information content (AvgIpc) is 3.01. The summed E-state index contributed by atoms with van der Waals surface area (Å²) in [6.07, 6.45) is 4.58. The van der Waals surface area contributed by atoms with E-state index in [9.17, 15) is 15.2 Å². The maximum Gasteiger partial charge on any atom is 0.260 e. The molecule has 0 aliphatic heterocycles. The Hall–Kier alpha value is -1.95. The third-order valence-electron chi connectivity index (χ3n) is 4.89. The number of benzene rings is 1. The van der Waals surface area contributed by atoms with E-state index < -0.39 is 0 Å². The first-order valence-electron chi connectivity index (χ1n) is 8.72. The molecule has 4 rings (SSSR count). The Bertz CT molecular complexity index is 1210. The van der Waals surface area contributed by atoms with Crippen molar-refractivity contribution in [3.8, 4) is 11.8 Å². The van der Waals surface area contributed by atoms with E-state index in [-0.39, 0.29) is 22.7 Å². The van der Waals surface area contributed by atoms with Crippen molar-refractivity contribution in [3.63, 3.8) is 0 Å². The minimum absolute atomic E-state index is 0.0852. The second kappa shape index (κ2) is 7.47. The highest BCUT2D eigenvalue weighted by molar-refractivity contribution is 9.11. The molecular formula is C20H15Br2N3O2S. The summed E-state index contributed by atoms with van der Waals surface area (Å²) in [5.74, 6) is 0.953. The number of nitriles is 1. The summed E-state index contributed by atoms with van der Waals surface area (Å²) in [4.78, 5) is 22.1. The van der Waals surface area contributed by atoms with E-state index in [1.807, 2.05) is 0 Å². The molecule has 0 radical (unpaired) electrons. The van der Waals surface area contributed by atoms with Gasteiger partial charge in [0.15, 0.2) is 5.82 Å². The summed E-state index contributed by atoms with van der Waals surface area (Å²) in [5.41, 5.74) is 1.87. The lowest BCUT2D eigenvalue weighted by Crippen LogP contribution is -2.14. The van der Waals surface area contributed by atoms with E-state index in [0.29, 0.717) is 30.6 Å². The lowest BCUT2D eigenvalue weighted by molar-refractivity contribution is 0.468. The Morgan fingerprint density at radius 2 is 2.14 bits per heavy atom. The average molecular weight is 521 g/mol. The fourth-order valence-electron chi connectivity index (χ4n) is 3.47. The second-order valence-electron chi connectivity index (χ2n) is 6.95. The number of thiophene rings is 1. The summed E-state index contributed by atoms with van der Waals surface area (Å²) < 4.78 is 1.00. The quantitative estimate of drug-likeness (QED) is 0.442. The molecule has 2 heterocycles. The zero-order valence-corrected chi connectivity index (χ0v) is 18.8. The fraction of sp³-hybridized carbons (Fsp3) is 0.250. The number of aromatic hydroxyl groups is 1. The number of hydrogen-bond donors (Lipinski definition) is 2. The maximum atomic E-state index is 12.8. The van der Waals surface area contributed by atoms with Gasteiger partial charge < -0.3 is 10.1 Å². The molecule has 0 amide bonds. The molecule has 1 aliphatic carbocycles. The summed E-state index contributed by atoms with van der Waals surface area (Å²) in [7, 11) is 0. The molecule has 1 aliphatic rings. The summed E-state index contributed by atoms with van der Waals surface area (Å²) >= 11 is 8.12. The number of phenols is 1. The van der Waals surface area contributed by atoms with Gasteiger partial charge in [0.05, 0.1) is 19.9 Å². The Balaban J connectivity index is 1.84. The predicted molar refractivity (Wildman–Crippen MR) is 118 cm³/mol. The Labute approximate surface area is 182 Å². The Morgan fingerprint density at radius 1 is 1.43 bits per heavy atom. The minimum atomic E-state index is -0.193. The molecule has 8 heteroatoms. The molecule has 5 nitrogen and oxygen atoms in total. The van der Waals surface area contributed by atoms with Crippen LogP contribution in [0.4, 0.5) is 0 Å². The molecule has 1 unspecified atom stereocenters. The summed E-state index contributed by atoms with van der Waals surface area (Å²) in [6.45, 7) is 2.22. The van der Waals surface area contributed by atoms with Gasteiger partial charge in [0, 0.05) is 4.88 Å². The lowest BCUT2D eigenvalue weighted by atomic mass is 9.89. The van der Waals surface area contributed by atoms with Crippen LogP contribution in [0.2, 0.25) is 0 Å². The number of rotatable bonds is 2. The van der Waals surface area contributed by atoms with Gasteiger partial charge in [-0.2, -0.15) is 5.26 Å². The Morgan fingerprint density at radius 3 is 2.82 bits per heavy atom. The Kier molecular flexibility index (Phi) is 5.17. The van der Waals surface area contributed by atoms with Crippen molar-refractivity contribution < 1.29 is 5.11 Å². The van der Waals surface area contributed by atoms with E-state index in [0.717, 1.165) is 24.8 Å². The number of phenolic OH excluding ortho intramolecular Hbond substituents is 1. The van der Waals surface area contributed by atoms with Crippen LogP contribution < -0.4 is 5.56 Å². The largest absolute Gasteiger partial charge is 0.506 e. The molecule has 0 spiro atoms. The van der Waals surface area contributed by atoms with Gasteiger partial charge >= 0.3 is 0 Å².